The van der Waals surface area contributed by atoms with Gasteiger partial charge >= 0.3 is 0 Å². The van der Waals surface area contributed by atoms with Crippen molar-refractivity contribution in [2.45, 2.75) is 13.0 Å². The van der Waals surface area contributed by atoms with Gasteiger partial charge in [-0.05, 0) is 47.5 Å². The molecule has 6 nitrogen and oxygen atoms in total. The molecule has 1 amide bonds. The second-order valence-corrected chi connectivity index (χ2v) is 7.76. The number of ether oxygens (including phenoxy) is 2. The lowest BCUT2D eigenvalue weighted by atomic mass is 10.1. The first-order valence-electron chi connectivity index (χ1n) is 9.54. The number of rotatable bonds is 7. The van der Waals surface area contributed by atoms with Gasteiger partial charge in [-0.1, -0.05) is 23.5 Å². The summed E-state index contributed by atoms with van der Waals surface area (Å²) in [5.41, 5.74) is 2.28. The summed E-state index contributed by atoms with van der Waals surface area (Å²) in [5, 5.41) is 0.529. The number of thiazole rings is 1. The van der Waals surface area contributed by atoms with E-state index in [4.69, 9.17) is 14.5 Å². The normalized spacial score (nSPS) is 10.8. The number of fused-ring (bicyclic) bond motifs is 1. The van der Waals surface area contributed by atoms with E-state index in [-0.39, 0.29) is 18.1 Å². The third-order valence-electron chi connectivity index (χ3n) is 4.79. The lowest BCUT2D eigenvalue weighted by Gasteiger charge is -2.20. The van der Waals surface area contributed by atoms with Crippen LogP contribution in [0.4, 0.5) is 9.52 Å². The van der Waals surface area contributed by atoms with E-state index in [1.165, 1.54) is 23.5 Å². The molecule has 0 atom stereocenters. The lowest BCUT2D eigenvalue weighted by Crippen LogP contribution is -2.31. The van der Waals surface area contributed by atoms with Crippen molar-refractivity contribution >= 4 is 32.6 Å². The summed E-state index contributed by atoms with van der Waals surface area (Å²) in [5.74, 6) is 0.776. The predicted molar refractivity (Wildman–Crippen MR) is 118 cm³/mol. The highest BCUT2D eigenvalue weighted by atomic mass is 32.1. The third kappa shape index (κ3) is 4.49. The van der Waals surface area contributed by atoms with E-state index in [0.717, 1.165) is 15.8 Å². The minimum Gasteiger partial charge on any atom is -0.495 e. The second-order valence-electron chi connectivity index (χ2n) is 6.78. The van der Waals surface area contributed by atoms with Gasteiger partial charge in [-0.3, -0.25) is 14.7 Å². The van der Waals surface area contributed by atoms with E-state index in [0.29, 0.717) is 28.7 Å². The quantitative estimate of drug-likeness (QED) is 0.422. The molecule has 2 aromatic heterocycles. The fourth-order valence-electron chi connectivity index (χ4n) is 3.20. The van der Waals surface area contributed by atoms with Crippen molar-refractivity contribution in [3.8, 4) is 11.5 Å². The molecule has 0 bridgehead atoms. The number of amides is 1. The maximum Gasteiger partial charge on any atom is 0.233 e. The summed E-state index contributed by atoms with van der Waals surface area (Å²) in [6.07, 6.45) is 3.49. The van der Waals surface area contributed by atoms with E-state index < -0.39 is 0 Å². The number of carbonyl (C=O) groups excluding carboxylic acids is 1. The molecule has 8 heteroatoms. The molecule has 0 saturated heterocycles. The molecule has 0 aliphatic carbocycles. The average Bonchev–Trinajstić information content (AvgIpc) is 3.24. The molecule has 31 heavy (non-hydrogen) atoms. The van der Waals surface area contributed by atoms with E-state index in [1.54, 1.807) is 49.7 Å². The zero-order valence-electron chi connectivity index (χ0n) is 17.0. The molecule has 0 aliphatic rings. The molecule has 4 rings (SSSR count). The van der Waals surface area contributed by atoms with Crippen molar-refractivity contribution in [2.24, 2.45) is 0 Å². The van der Waals surface area contributed by atoms with Gasteiger partial charge in [0.15, 0.2) is 5.13 Å². The first kappa shape index (κ1) is 20.7. The maximum atomic E-state index is 13.3. The number of anilines is 1. The molecular weight excluding hydrogens is 417 g/mol. The molecule has 2 aromatic carbocycles. The summed E-state index contributed by atoms with van der Waals surface area (Å²) in [6.45, 7) is 0.326. The smallest absolute Gasteiger partial charge is 0.233 e. The van der Waals surface area contributed by atoms with Crippen LogP contribution in [0.3, 0.4) is 0 Å². The Morgan fingerprint density at radius 1 is 0.968 bits per heavy atom. The molecule has 0 fully saturated rings. The van der Waals surface area contributed by atoms with Gasteiger partial charge < -0.3 is 9.47 Å². The van der Waals surface area contributed by atoms with Gasteiger partial charge in [0, 0.05) is 12.4 Å². The maximum absolute atomic E-state index is 13.3. The van der Waals surface area contributed by atoms with Crippen LogP contribution in [-0.4, -0.2) is 30.1 Å². The largest absolute Gasteiger partial charge is 0.495 e. The zero-order valence-corrected chi connectivity index (χ0v) is 17.9. The highest BCUT2D eigenvalue weighted by molar-refractivity contribution is 7.22. The molecule has 0 unspecified atom stereocenters. The molecule has 4 aromatic rings. The monoisotopic (exact) mass is 437 g/mol. The Hall–Kier alpha value is -3.52. The minimum absolute atomic E-state index is 0.121. The van der Waals surface area contributed by atoms with Crippen LogP contribution in [0.5, 0.6) is 11.5 Å². The van der Waals surface area contributed by atoms with Crippen LogP contribution in [-0.2, 0) is 17.8 Å². The van der Waals surface area contributed by atoms with Crippen LogP contribution in [0, 0.1) is 5.82 Å². The van der Waals surface area contributed by atoms with Crippen molar-refractivity contribution in [3.63, 3.8) is 0 Å². The molecule has 158 valence electrons. The zero-order chi connectivity index (χ0) is 21.8. The van der Waals surface area contributed by atoms with E-state index in [1.807, 2.05) is 18.2 Å². The van der Waals surface area contributed by atoms with Gasteiger partial charge in [0.2, 0.25) is 5.91 Å². The van der Waals surface area contributed by atoms with Crippen molar-refractivity contribution < 1.29 is 18.7 Å². The summed E-state index contributed by atoms with van der Waals surface area (Å²) in [4.78, 5) is 23.7. The van der Waals surface area contributed by atoms with Crippen LogP contribution in [0.15, 0.2) is 60.9 Å². The highest BCUT2D eigenvalue weighted by Gasteiger charge is 2.23. The molecule has 0 radical (unpaired) electrons. The fraction of sp³-hybridized carbons (Fsp3) is 0.174. The number of hydrogen-bond acceptors (Lipinski definition) is 6. The molecule has 0 aliphatic heterocycles. The SMILES string of the molecule is COc1ccc(OC)c2sc(N(Cc3ccncc3)C(=O)Cc3ccc(F)cc3)nc12. The summed E-state index contributed by atoms with van der Waals surface area (Å²) in [6, 6.07) is 13.2. The van der Waals surface area contributed by atoms with Crippen LogP contribution < -0.4 is 14.4 Å². The number of hydrogen-bond donors (Lipinski definition) is 0. The minimum atomic E-state index is -0.338. The topological polar surface area (TPSA) is 64.6 Å². The summed E-state index contributed by atoms with van der Waals surface area (Å²) >= 11 is 1.36. The number of aromatic nitrogens is 2. The molecule has 0 spiro atoms. The molecule has 0 saturated carbocycles. The number of methoxy groups -OCH3 is 2. The average molecular weight is 437 g/mol. The highest BCUT2D eigenvalue weighted by Crippen LogP contribution is 2.40. The van der Waals surface area contributed by atoms with Crippen molar-refractivity contribution in [2.75, 3.05) is 19.1 Å². The van der Waals surface area contributed by atoms with Gasteiger partial charge in [-0.15, -0.1) is 0 Å². The van der Waals surface area contributed by atoms with Crippen molar-refractivity contribution in [1.29, 1.82) is 0 Å². The number of benzene rings is 2. The van der Waals surface area contributed by atoms with Crippen molar-refractivity contribution in [1.82, 2.24) is 9.97 Å². The van der Waals surface area contributed by atoms with Gasteiger partial charge in [-0.2, -0.15) is 0 Å². The fourth-order valence-corrected chi connectivity index (χ4v) is 4.29. The Kier molecular flexibility index (Phi) is 6.08. The van der Waals surface area contributed by atoms with Gasteiger partial charge in [0.25, 0.3) is 0 Å². The number of nitrogens with zero attached hydrogens (tertiary/aromatic N) is 3. The number of pyridine rings is 1. The van der Waals surface area contributed by atoms with Gasteiger partial charge in [0.1, 0.15) is 27.5 Å². The molecule has 2 heterocycles. The van der Waals surface area contributed by atoms with Crippen molar-refractivity contribution in [3.05, 3.63) is 77.9 Å². The van der Waals surface area contributed by atoms with E-state index >= 15 is 0 Å². The third-order valence-corrected chi connectivity index (χ3v) is 5.88. The van der Waals surface area contributed by atoms with Gasteiger partial charge in [-0.25, -0.2) is 9.37 Å². The lowest BCUT2D eigenvalue weighted by molar-refractivity contribution is -0.118. The Morgan fingerprint density at radius 3 is 2.32 bits per heavy atom. The number of carbonyl (C=O) groups is 1. The summed E-state index contributed by atoms with van der Waals surface area (Å²) < 4.78 is 25.0. The van der Waals surface area contributed by atoms with Crippen LogP contribution in [0.2, 0.25) is 0 Å². The van der Waals surface area contributed by atoms with Crippen LogP contribution in [0.1, 0.15) is 11.1 Å². The van der Waals surface area contributed by atoms with Crippen LogP contribution >= 0.6 is 11.3 Å². The standard InChI is InChI=1S/C23H20FN3O3S/c1-29-18-7-8-19(30-2)22-21(18)26-23(31-22)27(14-16-9-11-25-12-10-16)20(28)13-15-3-5-17(24)6-4-15/h3-12H,13-14H2,1-2H3. The number of halogens is 1. The van der Waals surface area contributed by atoms with E-state index in [2.05, 4.69) is 4.98 Å². The Morgan fingerprint density at radius 2 is 1.65 bits per heavy atom. The Balaban J connectivity index is 1.74. The Labute approximate surface area is 182 Å². The first-order valence-corrected chi connectivity index (χ1v) is 10.4. The summed E-state index contributed by atoms with van der Waals surface area (Å²) in [7, 11) is 3.17. The predicted octanol–water partition coefficient (Wildman–Crippen LogP) is 4.62. The van der Waals surface area contributed by atoms with Gasteiger partial charge in [0.05, 0.1) is 27.2 Å². The van der Waals surface area contributed by atoms with E-state index in [9.17, 15) is 9.18 Å². The first-order chi connectivity index (χ1) is 15.1. The second kappa shape index (κ2) is 9.09. The Bertz CT molecular complexity index is 1160. The molecule has 0 N–H and O–H groups in total. The van der Waals surface area contributed by atoms with Crippen LogP contribution in [0.25, 0.3) is 10.2 Å². The molecular formula is C23H20FN3O3S.